The first-order valence-corrected chi connectivity index (χ1v) is 7.70. The molecule has 4 nitrogen and oxygen atoms in total. The standard InChI is InChI=1S/C18H23N3O/c1-3-4-12-21(2)17-11-10-16(14-19-17)18(22)20-13-15-8-6-5-7-9-15/h5-11,14H,3-4,12-13H2,1-2H3,(H,20,22). The lowest BCUT2D eigenvalue weighted by molar-refractivity contribution is 0.0950. The Morgan fingerprint density at radius 2 is 1.95 bits per heavy atom. The quantitative estimate of drug-likeness (QED) is 0.853. The van der Waals surface area contributed by atoms with Crippen molar-refractivity contribution in [2.45, 2.75) is 26.3 Å². The minimum Gasteiger partial charge on any atom is -0.360 e. The molecular formula is C18H23N3O. The highest BCUT2D eigenvalue weighted by atomic mass is 16.1. The lowest BCUT2D eigenvalue weighted by Gasteiger charge is -2.17. The van der Waals surface area contributed by atoms with Crippen molar-refractivity contribution in [2.24, 2.45) is 0 Å². The second-order valence-corrected chi connectivity index (χ2v) is 5.35. The SMILES string of the molecule is CCCCN(C)c1ccc(C(=O)NCc2ccccc2)cn1. The van der Waals surface area contributed by atoms with Gasteiger partial charge in [0.05, 0.1) is 5.56 Å². The third kappa shape index (κ3) is 4.58. The molecule has 0 fully saturated rings. The smallest absolute Gasteiger partial charge is 0.253 e. The van der Waals surface area contributed by atoms with Crippen LogP contribution in [-0.2, 0) is 6.54 Å². The van der Waals surface area contributed by atoms with Crippen molar-refractivity contribution in [3.8, 4) is 0 Å². The second-order valence-electron chi connectivity index (χ2n) is 5.35. The lowest BCUT2D eigenvalue weighted by Crippen LogP contribution is -2.23. The van der Waals surface area contributed by atoms with Gasteiger partial charge in [-0.25, -0.2) is 4.98 Å². The van der Waals surface area contributed by atoms with Gasteiger partial charge in [-0.3, -0.25) is 4.79 Å². The zero-order chi connectivity index (χ0) is 15.8. The maximum atomic E-state index is 12.1. The van der Waals surface area contributed by atoms with Crippen molar-refractivity contribution in [1.29, 1.82) is 0 Å². The predicted molar refractivity (Wildman–Crippen MR) is 90.0 cm³/mol. The van der Waals surface area contributed by atoms with Gasteiger partial charge in [0.2, 0.25) is 0 Å². The first-order chi connectivity index (χ1) is 10.7. The largest absolute Gasteiger partial charge is 0.360 e. The van der Waals surface area contributed by atoms with Crippen molar-refractivity contribution >= 4 is 11.7 Å². The summed E-state index contributed by atoms with van der Waals surface area (Å²) in [6.07, 6.45) is 3.93. The first kappa shape index (κ1) is 16.0. The van der Waals surface area contributed by atoms with Gasteiger partial charge in [-0.05, 0) is 24.1 Å². The molecule has 0 saturated carbocycles. The number of nitrogens with one attached hydrogen (secondary N) is 1. The van der Waals surface area contributed by atoms with Crippen LogP contribution >= 0.6 is 0 Å². The molecule has 22 heavy (non-hydrogen) atoms. The molecule has 2 rings (SSSR count). The summed E-state index contributed by atoms with van der Waals surface area (Å²) in [4.78, 5) is 18.6. The van der Waals surface area contributed by atoms with E-state index in [1.807, 2.05) is 49.5 Å². The molecule has 1 N–H and O–H groups in total. The van der Waals surface area contributed by atoms with Crippen molar-refractivity contribution in [3.63, 3.8) is 0 Å². The number of pyridine rings is 1. The molecule has 0 atom stereocenters. The number of carbonyl (C=O) groups excluding carboxylic acids is 1. The Bertz CT molecular complexity index is 581. The van der Waals surface area contributed by atoms with Gasteiger partial charge in [0.25, 0.3) is 5.91 Å². The normalized spacial score (nSPS) is 10.3. The van der Waals surface area contributed by atoms with E-state index in [9.17, 15) is 4.79 Å². The van der Waals surface area contributed by atoms with E-state index in [2.05, 4.69) is 22.1 Å². The van der Waals surface area contributed by atoms with Crippen molar-refractivity contribution in [2.75, 3.05) is 18.5 Å². The molecule has 116 valence electrons. The predicted octanol–water partition coefficient (Wildman–Crippen LogP) is 3.25. The van der Waals surface area contributed by atoms with Gasteiger partial charge in [0.15, 0.2) is 0 Å². The van der Waals surface area contributed by atoms with Gasteiger partial charge in [0.1, 0.15) is 5.82 Å². The molecule has 0 saturated heterocycles. The van der Waals surface area contributed by atoms with E-state index in [1.165, 1.54) is 0 Å². The molecule has 2 aromatic rings. The second kappa shape index (κ2) is 8.17. The Balaban J connectivity index is 1.90. The number of amides is 1. The number of carbonyl (C=O) groups is 1. The van der Waals surface area contributed by atoms with Crippen LogP contribution < -0.4 is 10.2 Å². The minimum absolute atomic E-state index is 0.0980. The highest BCUT2D eigenvalue weighted by molar-refractivity contribution is 5.94. The molecule has 1 aromatic heterocycles. The number of anilines is 1. The number of hydrogen-bond donors (Lipinski definition) is 1. The van der Waals surface area contributed by atoms with Crippen molar-refractivity contribution < 1.29 is 4.79 Å². The highest BCUT2D eigenvalue weighted by Gasteiger charge is 2.07. The van der Waals surface area contributed by atoms with Crippen LogP contribution in [0.3, 0.4) is 0 Å². The van der Waals surface area contributed by atoms with Crippen LogP contribution in [0.5, 0.6) is 0 Å². The molecule has 1 heterocycles. The van der Waals surface area contributed by atoms with Gasteiger partial charge in [-0.15, -0.1) is 0 Å². The topological polar surface area (TPSA) is 45.2 Å². The summed E-state index contributed by atoms with van der Waals surface area (Å²) < 4.78 is 0. The Hall–Kier alpha value is -2.36. The molecule has 0 bridgehead atoms. The number of aromatic nitrogens is 1. The molecule has 1 amide bonds. The van der Waals surface area contributed by atoms with Crippen LogP contribution in [0.2, 0.25) is 0 Å². The van der Waals surface area contributed by atoms with E-state index in [0.29, 0.717) is 12.1 Å². The summed E-state index contributed by atoms with van der Waals surface area (Å²) in [5.41, 5.74) is 1.67. The molecule has 0 radical (unpaired) electrons. The highest BCUT2D eigenvalue weighted by Crippen LogP contribution is 2.10. The van der Waals surface area contributed by atoms with Crippen LogP contribution in [0.15, 0.2) is 48.7 Å². The summed E-state index contributed by atoms with van der Waals surface area (Å²) in [5, 5.41) is 2.91. The zero-order valence-electron chi connectivity index (χ0n) is 13.2. The lowest BCUT2D eigenvalue weighted by atomic mass is 10.2. The summed E-state index contributed by atoms with van der Waals surface area (Å²) in [6, 6.07) is 13.6. The van der Waals surface area contributed by atoms with Crippen LogP contribution in [0.25, 0.3) is 0 Å². The summed E-state index contributed by atoms with van der Waals surface area (Å²) in [5.74, 6) is 0.798. The Kier molecular flexibility index (Phi) is 5.95. The van der Waals surface area contributed by atoms with Crippen molar-refractivity contribution in [1.82, 2.24) is 10.3 Å². The monoisotopic (exact) mass is 297 g/mol. The molecule has 0 unspecified atom stereocenters. The van der Waals surface area contributed by atoms with Crippen LogP contribution in [0, 0.1) is 0 Å². The number of benzene rings is 1. The fourth-order valence-electron chi connectivity index (χ4n) is 2.14. The molecular weight excluding hydrogens is 274 g/mol. The summed E-state index contributed by atoms with van der Waals surface area (Å²) in [7, 11) is 2.02. The third-order valence-electron chi connectivity index (χ3n) is 3.54. The Morgan fingerprint density at radius 1 is 1.18 bits per heavy atom. The summed E-state index contributed by atoms with van der Waals surface area (Å²) in [6.45, 7) is 3.67. The van der Waals surface area contributed by atoms with E-state index in [1.54, 1.807) is 6.20 Å². The fourth-order valence-corrected chi connectivity index (χ4v) is 2.14. The average molecular weight is 297 g/mol. The van der Waals surface area contributed by atoms with E-state index >= 15 is 0 Å². The number of rotatable bonds is 7. The molecule has 0 spiro atoms. The third-order valence-corrected chi connectivity index (χ3v) is 3.54. The first-order valence-electron chi connectivity index (χ1n) is 7.70. The number of unbranched alkanes of at least 4 members (excludes halogenated alkanes) is 1. The maximum absolute atomic E-state index is 12.1. The fraction of sp³-hybridized carbons (Fsp3) is 0.333. The summed E-state index contributed by atoms with van der Waals surface area (Å²) >= 11 is 0. The molecule has 4 heteroatoms. The van der Waals surface area contributed by atoms with Gasteiger partial charge in [-0.1, -0.05) is 43.7 Å². The van der Waals surface area contributed by atoms with Crippen LogP contribution in [0.4, 0.5) is 5.82 Å². The maximum Gasteiger partial charge on any atom is 0.253 e. The molecule has 0 aliphatic heterocycles. The van der Waals surface area contributed by atoms with Gasteiger partial charge >= 0.3 is 0 Å². The van der Waals surface area contributed by atoms with E-state index in [4.69, 9.17) is 0 Å². The van der Waals surface area contributed by atoms with Crippen LogP contribution in [-0.4, -0.2) is 24.5 Å². The van der Waals surface area contributed by atoms with Crippen molar-refractivity contribution in [3.05, 3.63) is 59.8 Å². The molecule has 0 aliphatic rings. The van der Waals surface area contributed by atoms with E-state index < -0.39 is 0 Å². The van der Waals surface area contributed by atoms with E-state index in [-0.39, 0.29) is 5.91 Å². The van der Waals surface area contributed by atoms with Gasteiger partial charge in [0, 0.05) is 26.3 Å². The number of hydrogen-bond acceptors (Lipinski definition) is 3. The van der Waals surface area contributed by atoms with E-state index in [0.717, 1.165) is 30.8 Å². The van der Waals surface area contributed by atoms with Crippen LogP contribution in [0.1, 0.15) is 35.7 Å². The van der Waals surface area contributed by atoms with Gasteiger partial charge in [-0.2, -0.15) is 0 Å². The zero-order valence-corrected chi connectivity index (χ0v) is 13.2. The Labute approximate surface area is 132 Å². The molecule has 1 aromatic carbocycles. The molecule has 0 aliphatic carbocycles. The van der Waals surface area contributed by atoms with Gasteiger partial charge < -0.3 is 10.2 Å². The number of nitrogens with zero attached hydrogens (tertiary/aromatic N) is 2. The average Bonchev–Trinajstić information content (AvgIpc) is 2.58. The Morgan fingerprint density at radius 3 is 2.59 bits per heavy atom. The minimum atomic E-state index is -0.0980.